The van der Waals surface area contributed by atoms with Crippen molar-refractivity contribution >= 4 is 38.3 Å². The van der Waals surface area contributed by atoms with Gasteiger partial charge in [-0.2, -0.15) is 5.26 Å². The number of nitrogens with one attached hydrogen (secondary N) is 1. The molecule has 0 unspecified atom stereocenters. The van der Waals surface area contributed by atoms with Gasteiger partial charge in [-0.05, 0) is 41.1 Å². The molecule has 0 bridgehead atoms. The van der Waals surface area contributed by atoms with Gasteiger partial charge in [0.15, 0.2) is 0 Å². The van der Waals surface area contributed by atoms with E-state index in [1.807, 2.05) is 28.7 Å². The Morgan fingerprint density at radius 3 is 2.75 bits per heavy atom. The van der Waals surface area contributed by atoms with Crippen LogP contribution in [-0.2, 0) is 10.0 Å². The summed E-state index contributed by atoms with van der Waals surface area (Å²) in [6.07, 6.45) is 0.543. The maximum Gasteiger partial charge on any atom is 0.232 e. The highest BCUT2D eigenvalue weighted by molar-refractivity contribution is 14.1. The average Bonchev–Trinajstić information content (AvgIpc) is 2.17. The molecule has 4 nitrogen and oxygen atoms in total. The molecule has 0 fully saturated rings. The molecule has 0 spiro atoms. The number of sulfonamides is 1. The van der Waals surface area contributed by atoms with Crippen molar-refractivity contribution in [3.8, 4) is 6.07 Å². The smallest absolute Gasteiger partial charge is 0.232 e. The molecular formula is C10H11IN2O2S. The molecule has 0 heterocycles. The number of anilines is 1. The van der Waals surface area contributed by atoms with Crippen LogP contribution >= 0.6 is 22.6 Å². The second-order valence-corrected chi connectivity index (χ2v) is 6.20. The number of rotatable bonds is 4. The third kappa shape index (κ3) is 3.35. The van der Waals surface area contributed by atoms with Gasteiger partial charge < -0.3 is 0 Å². The summed E-state index contributed by atoms with van der Waals surface area (Å²) >= 11 is 2.00. The van der Waals surface area contributed by atoms with Gasteiger partial charge in [-0.25, -0.2) is 8.42 Å². The summed E-state index contributed by atoms with van der Waals surface area (Å²) in [5, 5.41) is 8.94. The first kappa shape index (κ1) is 13.3. The molecule has 86 valence electrons. The van der Waals surface area contributed by atoms with Crippen LogP contribution in [0.15, 0.2) is 18.2 Å². The van der Waals surface area contributed by atoms with E-state index in [1.54, 1.807) is 25.1 Å². The van der Waals surface area contributed by atoms with Gasteiger partial charge in [0.1, 0.15) is 6.07 Å². The first-order valence-corrected chi connectivity index (χ1v) is 7.42. The van der Waals surface area contributed by atoms with Gasteiger partial charge in [0.25, 0.3) is 0 Å². The predicted molar refractivity (Wildman–Crippen MR) is 71.6 cm³/mol. The normalized spacial score (nSPS) is 10.8. The summed E-state index contributed by atoms with van der Waals surface area (Å²) in [5.74, 6) is 0.0589. The molecule has 0 aliphatic rings. The highest BCUT2D eigenvalue weighted by atomic mass is 127. The van der Waals surface area contributed by atoms with Gasteiger partial charge in [-0.15, -0.1) is 0 Å². The summed E-state index contributed by atoms with van der Waals surface area (Å²) in [4.78, 5) is 0. The van der Waals surface area contributed by atoms with Gasteiger partial charge in [0.2, 0.25) is 10.0 Å². The lowest BCUT2D eigenvalue weighted by molar-refractivity contribution is 0.600. The van der Waals surface area contributed by atoms with E-state index in [0.29, 0.717) is 17.7 Å². The quantitative estimate of drug-likeness (QED) is 0.848. The van der Waals surface area contributed by atoms with E-state index in [2.05, 4.69) is 4.72 Å². The summed E-state index contributed by atoms with van der Waals surface area (Å²) in [6, 6.07) is 7.06. The maximum absolute atomic E-state index is 11.6. The highest BCUT2D eigenvalue weighted by Crippen LogP contribution is 2.21. The molecule has 16 heavy (non-hydrogen) atoms. The Balaban J connectivity index is 3.08. The zero-order valence-corrected chi connectivity index (χ0v) is 11.7. The molecule has 0 aliphatic heterocycles. The van der Waals surface area contributed by atoms with Crippen molar-refractivity contribution in [3.63, 3.8) is 0 Å². The van der Waals surface area contributed by atoms with Crippen molar-refractivity contribution in [2.45, 2.75) is 13.3 Å². The lowest BCUT2D eigenvalue weighted by atomic mass is 10.2. The molecule has 1 rings (SSSR count). The van der Waals surface area contributed by atoms with Crippen LogP contribution in [0.1, 0.15) is 18.9 Å². The number of nitrogens with zero attached hydrogens (tertiary/aromatic N) is 1. The van der Waals surface area contributed by atoms with Crippen molar-refractivity contribution in [1.29, 1.82) is 5.26 Å². The summed E-state index contributed by atoms with van der Waals surface area (Å²) in [5.41, 5.74) is 0.714. The van der Waals surface area contributed by atoms with Crippen LogP contribution in [-0.4, -0.2) is 14.2 Å². The molecule has 0 saturated heterocycles. The van der Waals surface area contributed by atoms with Crippen molar-refractivity contribution in [1.82, 2.24) is 0 Å². The van der Waals surface area contributed by atoms with Crippen LogP contribution < -0.4 is 4.72 Å². The minimum atomic E-state index is -3.34. The standard InChI is InChI=1S/C10H11IN2O2S/c1-2-6-16(14,15)13-10-5-3-4-9(11)8(10)7-12/h3-5,13H,2,6H2,1H3. The topological polar surface area (TPSA) is 70.0 Å². The molecule has 6 heteroatoms. The second kappa shape index (κ2) is 5.50. The summed E-state index contributed by atoms with van der Waals surface area (Å²) in [6.45, 7) is 1.79. The molecule has 0 amide bonds. The Morgan fingerprint density at radius 1 is 1.50 bits per heavy atom. The van der Waals surface area contributed by atoms with Crippen LogP contribution in [0.3, 0.4) is 0 Å². The molecule has 0 aromatic heterocycles. The zero-order chi connectivity index (χ0) is 12.2. The van der Waals surface area contributed by atoms with Crippen LogP contribution in [0.5, 0.6) is 0 Å². The van der Waals surface area contributed by atoms with Gasteiger partial charge in [-0.3, -0.25) is 4.72 Å². The van der Waals surface area contributed by atoms with Gasteiger partial charge in [0.05, 0.1) is 17.0 Å². The molecule has 0 atom stereocenters. The molecule has 0 aliphatic carbocycles. The van der Waals surface area contributed by atoms with E-state index in [-0.39, 0.29) is 5.75 Å². The van der Waals surface area contributed by atoms with Crippen molar-refractivity contribution in [3.05, 3.63) is 27.3 Å². The number of hydrogen-bond donors (Lipinski definition) is 1. The fourth-order valence-electron chi connectivity index (χ4n) is 1.21. The Hall–Kier alpha value is -0.810. The second-order valence-electron chi connectivity index (χ2n) is 3.20. The van der Waals surface area contributed by atoms with Crippen molar-refractivity contribution in [2.75, 3.05) is 10.5 Å². The largest absolute Gasteiger partial charge is 0.282 e. The predicted octanol–water partition coefficient (Wildman–Crippen LogP) is 2.31. The first-order valence-electron chi connectivity index (χ1n) is 4.69. The van der Waals surface area contributed by atoms with Crippen LogP contribution in [0.2, 0.25) is 0 Å². The van der Waals surface area contributed by atoms with E-state index in [4.69, 9.17) is 5.26 Å². The maximum atomic E-state index is 11.6. The van der Waals surface area contributed by atoms with E-state index in [9.17, 15) is 8.42 Å². The monoisotopic (exact) mass is 350 g/mol. The highest BCUT2D eigenvalue weighted by Gasteiger charge is 2.13. The number of hydrogen-bond acceptors (Lipinski definition) is 3. The molecular weight excluding hydrogens is 339 g/mol. The van der Waals surface area contributed by atoms with Gasteiger partial charge in [-0.1, -0.05) is 13.0 Å². The minimum absolute atomic E-state index is 0.0589. The third-order valence-electron chi connectivity index (χ3n) is 1.86. The van der Waals surface area contributed by atoms with Gasteiger partial charge in [0, 0.05) is 3.57 Å². The number of halogens is 1. The Labute approximate surface area is 109 Å². The minimum Gasteiger partial charge on any atom is -0.282 e. The van der Waals surface area contributed by atoms with E-state index in [1.165, 1.54) is 0 Å². The molecule has 0 saturated carbocycles. The summed E-state index contributed by atoms with van der Waals surface area (Å²) < 4.78 is 26.3. The number of nitriles is 1. The SMILES string of the molecule is CCCS(=O)(=O)Nc1cccc(I)c1C#N. The van der Waals surface area contributed by atoms with Crippen LogP contribution in [0.4, 0.5) is 5.69 Å². The van der Waals surface area contributed by atoms with E-state index in [0.717, 1.165) is 3.57 Å². The van der Waals surface area contributed by atoms with E-state index < -0.39 is 10.0 Å². The first-order chi connectivity index (χ1) is 7.50. The fourth-order valence-corrected chi connectivity index (χ4v) is 2.97. The molecule has 1 aromatic rings. The summed E-state index contributed by atoms with van der Waals surface area (Å²) in [7, 11) is -3.34. The van der Waals surface area contributed by atoms with Crippen molar-refractivity contribution < 1.29 is 8.42 Å². The lowest BCUT2D eigenvalue weighted by Crippen LogP contribution is -2.17. The Kier molecular flexibility index (Phi) is 4.56. The van der Waals surface area contributed by atoms with Gasteiger partial charge >= 0.3 is 0 Å². The van der Waals surface area contributed by atoms with Crippen LogP contribution in [0, 0.1) is 14.9 Å². The average molecular weight is 350 g/mol. The zero-order valence-electron chi connectivity index (χ0n) is 8.70. The molecule has 0 radical (unpaired) electrons. The third-order valence-corrected chi connectivity index (χ3v) is 4.24. The van der Waals surface area contributed by atoms with Crippen molar-refractivity contribution in [2.24, 2.45) is 0 Å². The lowest BCUT2D eigenvalue weighted by Gasteiger charge is -2.09. The number of benzene rings is 1. The molecule has 1 aromatic carbocycles. The fraction of sp³-hybridized carbons (Fsp3) is 0.300. The Morgan fingerprint density at radius 2 is 2.19 bits per heavy atom. The van der Waals surface area contributed by atoms with E-state index >= 15 is 0 Å². The van der Waals surface area contributed by atoms with Crippen LogP contribution in [0.25, 0.3) is 0 Å². The Bertz CT molecular complexity index is 520. The molecule has 1 N–H and O–H groups in total.